The second-order valence-electron chi connectivity index (χ2n) is 26.7. The quantitative estimate of drug-likeness (QED) is 0.0778. The topological polar surface area (TPSA) is 118 Å². The Hall–Kier alpha value is -12.0. The van der Waals surface area contributed by atoms with Gasteiger partial charge in [-0.2, -0.15) is 13.4 Å². The molecule has 105 heavy (non-hydrogen) atoms. The molecule has 8 aliphatic heterocycles. The zero-order chi connectivity index (χ0) is 64.3. The molecule has 496 valence electrons. The summed E-state index contributed by atoms with van der Waals surface area (Å²) in [5.41, 5.74) is 23.8. The van der Waals surface area contributed by atoms with Gasteiger partial charge in [0.15, 0.2) is 54.6 Å². The predicted octanol–water partition coefficient (Wildman–Crippen LogP) is 7.77. The van der Waals surface area contributed by atoms with Crippen LogP contribution in [0.1, 0.15) is 16.7 Å². The van der Waals surface area contributed by atoms with Gasteiger partial charge in [-0.05, 0) is 51.9 Å². The molecule has 0 atom stereocenters. The number of benzene rings is 4. The van der Waals surface area contributed by atoms with Crippen molar-refractivity contribution in [3.05, 3.63) is 309 Å². The van der Waals surface area contributed by atoms with Crippen LogP contribution in [0.2, 0.25) is 0 Å². The summed E-state index contributed by atoms with van der Waals surface area (Å²) in [5.74, 6) is 5.06. The molecule has 0 aliphatic carbocycles. The molecule has 27 rings (SSSR count). The van der Waals surface area contributed by atoms with Gasteiger partial charge in [0.2, 0.25) is 22.7 Å². The fourth-order valence-corrected chi connectivity index (χ4v) is 17.3. The first-order chi connectivity index (χ1) is 49.1. The first-order valence-corrected chi connectivity index (χ1v) is 33.7. The summed E-state index contributed by atoms with van der Waals surface area (Å²) in [7, 11) is 0. The molecule has 0 N–H and O–H groups in total. The van der Waals surface area contributed by atoms with Gasteiger partial charge in [-0.3, -0.25) is 9.13 Å². The van der Waals surface area contributed by atoms with Gasteiger partial charge in [-0.15, -0.1) is 22.8 Å². The molecule has 0 saturated carbocycles. The molecule has 23 heterocycles. The van der Waals surface area contributed by atoms with Crippen LogP contribution in [0.5, 0.6) is 0 Å². The third-order valence-electron chi connectivity index (χ3n) is 21.4. The van der Waals surface area contributed by atoms with Crippen molar-refractivity contribution in [2.75, 3.05) is 0 Å². The standard InChI is InChI=1S/2C21H15N4.C15H11N4.C14H11N4.C8H7N4.4CH3.2Zn/c1-2-6-14(7-3-1)19-23-12-15-8-4-9-16-17-10-5-11-22-13-24(19)25(20(17)22)21(23)18(15)16;1-2-5-14(6-3-1)17-12-25-16-7-4-9-22-13-23-10-8-15-11-24(17)21(25)18(15)20(23)19(16)22;1-2-11-13-14-12-10(3-5-18(14)9-17(13)4-1)8-16-6-7-19(11)15(12)16;1-2-5-11(6-3-1)12-9-16-14-13-15-7-4-8-17(13)10-18(12)14;1-2-9-7-8-10-3-5-12(8)6-11(7)4-1;;;;;;/h1-11H,12-13H2;1-10,12H,11,13H2;1-7H,8-9H2;1-9H,10H2;1-5H,6H2;4*1H3;;/q3*+3;2*+1;4*-1;2*+2. The van der Waals surface area contributed by atoms with Crippen molar-refractivity contribution in [3.63, 3.8) is 0 Å². The normalized spacial score (nSPS) is 13.0. The van der Waals surface area contributed by atoms with Crippen molar-refractivity contribution in [2.45, 2.75) is 53.0 Å². The molecule has 0 saturated heterocycles. The van der Waals surface area contributed by atoms with Crippen molar-refractivity contribution < 1.29 is 89.1 Å². The molecule has 20 nitrogen and oxygen atoms in total. The van der Waals surface area contributed by atoms with Crippen LogP contribution in [0.4, 0.5) is 0 Å². The fraction of sp³-hybridized carbons (Fsp3) is 0.0964. The summed E-state index contributed by atoms with van der Waals surface area (Å²) in [6.45, 7) is 7.20. The summed E-state index contributed by atoms with van der Waals surface area (Å²) in [6, 6.07) is 60.2. The Bertz CT molecular complexity index is 6730. The summed E-state index contributed by atoms with van der Waals surface area (Å²) in [5, 5.41) is 6.95. The van der Waals surface area contributed by atoms with E-state index >= 15 is 0 Å². The van der Waals surface area contributed by atoms with Crippen LogP contribution >= 0.6 is 0 Å². The van der Waals surface area contributed by atoms with E-state index in [4.69, 9.17) is 0 Å². The molecule has 0 fully saturated rings. The van der Waals surface area contributed by atoms with Crippen molar-refractivity contribution in [3.8, 4) is 57.2 Å². The predicted molar refractivity (Wildman–Crippen MR) is 387 cm³/mol. The van der Waals surface area contributed by atoms with Crippen LogP contribution in [0.15, 0.2) is 263 Å². The average Bonchev–Trinajstić information content (AvgIpc) is 1.52. The third kappa shape index (κ3) is 9.24. The average molecular weight is 1480 g/mol. The second kappa shape index (κ2) is 24.9. The van der Waals surface area contributed by atoms with Crippen molar-refractivity contribution in [2.24, 2.45) is 0 Å². The van der Waals surface area contributed by atoms with E-state index in [1.54, 1.807) is 18.6 Å². The summed E-state index contributed by atoms with van der Waals surface area (Å²) >= 11 is 0. The van der Waals surface area contributed by atoms with E-state index in [1.807, 2.05) is 55.1 Å². The fourth-order valence-electron chi connectivity index (χ4n) is 17.3. The summed E-state index contributed by atoms with van der Waals surface area (Å²) < 4.78 is 37.1. The van der Waals surface area contributed by atoms with Crippen LogP contribution < -0.4 is 50.2 Å². The van der Waals surface area contributed by atoms with Crippen LogP contribution in [0.25, 0.3) is 140 Å². The molecule has 0 amide bonds. The van der Waals surface area contributed by atoms with Crippen LogP contribution in [0, 0.1) is 29.7 Å². The van der Waals surface area contributed by atoms with Gasteiger partial charge in [-0.1, -0.05) is 97.1 Å². The van der Waals surface area contributed by atoms with E-state index in [0.717, 1.165) is 82.0 Å². The smallest absolute Gasteiger partial charge is 0.358 e. The maximum absolute atomic E-state index is 4.49. The van der Waals surface area contributed by atoms with E-state index < -0.39 is 0 Å². The van der Waals surface area contributed by atoms with Gasteiger partial charge in [0.05, 0.1) is 46.8 Å². The SMILES string of the molecule is [CH3-].[CH3-].[CH3-].[CH3-].[Zn+2].[Zn+2].c1cc2c3c4c5c(cc[n+]4C[n+]3c1)C[n+]1ccn2c51.c1ccc(-c2[n+]3c4c5c(cccc5c5ccc[n+]6c5n4[n+]2C6)C3)cc1.c1ccc(-c2c[n+]3c4ccc[n+]5c4c4c6c(cc[n+]4C5)Cn2c63)cc1.c1ccc(-c2cnc3n2C[n+]2cccnc2-3)cc1.c1cnc2[n+](c1)Cn1ccnc1-2. The molecule has 22 heteroatoms. The molecule has 0 radical (unpaired) electrons. The minimum atomic E-state index is 0. The number of pyridine rings is 8. The van der Waals surface area contributed by atoms with Gasteiger partial charge >= 0.3 is 114 Å². The Kier molecular flexibility index (Phi) is 15.7. The molecule has 0 bridgehead atoms. The van der Waals surface area contributed by atoms with E-state index in [2.05, 4.69) is 282 Å². The molecular weight excluding hydrogens is 1410 g/mol. The number of hydrogen-bond donors (Lipinski definition) is 0. The van der Waals surface area contributed by atoms with Gasteiger partial charge in [0.25, 0.3) is 6.67 Å². The first kappa shape index (κ1) is 66.3. The molecule has 0 unspecified atom stereocenters. The zero-order valence-electron chi connectivity index (χ0n) is 58.8. The number of rotatable bonds is 3. The van der Waals surface area contributed by atoms with E-state index in [1.165, 1.54) is 128 Å². The van der Waals surface area contributed by atoms with E-state index in [0.29, 0.717) is 0 Å². The second-order valence-corrected chi connectivity index (χ2v) is 26.7. The number of imidazole rings is 4. The van der Waals surface area contributed by atoms with Gasteiger partial charge in [0.1, 0.15) is 50.6 Å². The van der Waals surface area contributed by atoms with Gasteiger partial charge < -0.3 is 29.7 Å². The van der Waals surface area contributed by atoms with Crippen molar-refractivity contribution in [1.82, 2.24) is 42.6 Å². The number of fused-ring (bicyclic) bond motifs is 9. The Morgan fingerprint density at radius 2 is 1.00 bits per heavy atom. The molecule has 15 aromatic heterocycles. The van der Waals surface area contributed by atoms with Crippen LogP contribution in [0.3, 0.4) is 0 Å². The van der Waals surface area contributed by atoms with E-state index in [-0.39, 0.29) is 68.7 Å². The van der Waals surface area contributed by atoms with Gasteiger partial charge in [0, 0.05) is 85.6 Å². The number of hydrogen-bond acceptors (Lipinski definition) is 4. The molecular formula is C83H71N20Zn2+11. The van der Waals surface area contributed by atoms with Crippen LogP contribution in [-0.2, 0) is 91.9 Å². The van der Waals surface area contributed by atoms with Crippen molar-refractivity contribution >= 4 is 82.6 Å². The molecule has 0 spiro atoms. The Morgan fingerprint density at radius 3 is 1.76 bits per heavy atom. The minimum absolute atomic E-state index is 0. The first-order valence-electron chi connectivity index (χ1n) is 33.7. The van der Waals surface area contributed by atoms with Crippen LogP contribution in [-0.4, -0.2) is 42.6 Å². The summed E-state index contributed by atoms with van der Waals surface area (Å²) in [4.78, 5) is 17.4. The minimum Gasteiger partial charge on any atom is -0.358 e. The monoisotopic (exact) mass is 1480 g/mol. The Balaban J connectivity index is 0.0000000972. The number of aromatic nitrogens is 20. The van der Waals surface area contributed by atoms with Crippen molar-refractivity contribution in [1.29, 1.82) is 0 Å². The third-order valence-corrected chi connectivity index (χ3v) is 21.4. The number of nitrogens with zero attached hydrogens (tertiary/aromatic N) is 20. The molecule has 4 aromatic carbocycles. The summed E-state index contributed by atoms with van der Waals surface area (Å²) in [6.07, 6.45) is 31.0. The zero-order valence-corrected chi connectivity index (χ0v) is 64.8. The molecule has 19 aromatic rings. The maximum Gasteiger partial charge on any atom is 2.00 e. The Morgan fingerprint density at radius 1 is 0.381 bits per heavy atom. The molecule has 8 aliphatic rings. The maximum atomic E-state index is 4.49. The van der Waals surface area contributed by atoms with E-state index in [9.17, 15) is 0 Å². The Labute approximate surface area is 629 Å². The van der Waals surface area contributed by atoms with Gasteiger partial charge in [-0.25, -0.2) is 28.2 Å². The largest absolute Gasteiger partial charge is 2.00 e.